The molecule has 1 fully saturated rings. The number of benzene rings is 1. The SMILES string of the molecule is CC(Oc1cc(-c2cnc3ccc(OCCN4CCC(O)C4)cn23)sc1C(N)=O)c1ccccc1Cl. The monoisotopic (exact) mass is 526 g/mol. The fraction of sp³-hybridized carbons (Fsp3) is 0.308. The van der Waals surface area contributed by atoms with Crippen LogP contribution in [0.25, 0.3) is 16.2 Å². The highest BCUT2D eigenvalue weighted by Crippen LogP contribution is 2.39. The third-order valence-corrected chi connectivity index (χ3v) is 7.72. The molecule has 1 aliphatic rings. The molecule has 0 bridgehead atoms. The number of halogens is 1. The summed E-state index contributed by atoms with van der Waals surface area (Å²) in [7, 11) is 0. The Labute approximate surface area is 217 Å². The number of carbonyl (C=O) groups excluding carboxylic acids is 1. The zero-order chi connectivity index (χ0) is 25.2. The third-order valence-electron chi connectivity index (χ3n) is 6.22. The highest BCUT2D eigenvalue weighted by Gasteiger charge is 2.22. The zero-order valence-electron chi connectivity index (χ0n) is 19.8. The number of nitrogens with two attached hydrogens (primary N) is 1. The number of hydrogen-bond donors (Lipinski definition) is 2. The molecule has 0 spiro atoms. The van der Waals surface area contributed by atoms with E-state index < -0.39 is 5.91 Å². The molecule has 5 rings (SSSR count). The Morgan fingerprint density at radius 2 is 2.17 bits per heavy atom. The molecule has 4 heterocycles. The lowest BCUT2D eigenvalue weighted by molar-refractivity contribution is 0.0998. The molecule has 2 atom stereocenters. The van der Waals surface area contributed by atoms with Crippen LogP contribution < -0.4 is 15.2 Å². The second-order valence-electron chi connectivity index (χ2n) is 8.78. The standard InChI is InChI=1S/C26H27ClN4O4S/c1-16(19-4-2-3-5-20(19)27)35-22-12-23(36-25(22)26(28)33)21-13-29-24-7-6-18(15-31(21)24)34-11-10-30-9-8-17(32)14-30/h2-7,12-13,15-17,32H,8-11,14H2,1H3,(H2,28,33). The van der Waals surface area contributed by atoms with Crippen molar-refractivity contribution in [1.29, 1.82) is 0 Å². The average molecular weight is 527 g/mol. The van der Waals surface area contributed by atoms with E-state index in [0.717, 1.165) is 41.3 Å². The van der Waals surface area contributed by atoms with E-state index in [2.05, 4.69) is 9.88 Å². The topological polar surface area (TPSA) is 102 Å². The minimum absolute atomic E-state index is 0.243. The fourth-order valence-corrected chi connectivity index (χ4v) is 5.59. The van der Waals surface area contributed by atoms with Gasteiger partial charge in [0.2, 0.25) is 0 Å². The minimum atomic E-state index is -0.558. The van der Waals surface area contributed by atoms with Gasteiger partial charge < -0.3 is 20.3 Å². The number of fused-ring (bicyclic) bond motifs is 1. The zero-order valence-corrected chi connectivity index (χ0v) is 21.3. The highest BCUT2D eigenvalue weighted by atomic mass is 35.5. The van der Waals surface area contributed by atoms with Crippen LogP contribution in [0.5, 0.6) is 11.5 Å². The van der Waals surface area contributed by atoms with Gasteiger partial charge in [-0.2, -0.15) is 0 Å². The number of thiophene rings is 1. The van der Waals surface area contributed by atoms with E-state index in [4.69, 9.17) is 26.8 Å². The molecule has 0 radical (unpaired) electrons. The molecule has 4 aromatic rings. The summed E-state index contributed by atoms with van der Waals surface area (Å²) in [6, 6.07) is 13.0. The number of ether oxygens (including phenoxy) is 2. The molecule has 0 saturated carbocycles. The van der Waals surface area contributed by atoms with Crippen LogP contribution in [0.15, 0.2) is 54.9 Å². The van der Waals surface area contributed by atoms with Gasteiger partial charge in [0.25, 0.3) is 5.91 Å². The average Bonchev–Trinajstić information content (AvgIpc) is 3.57. The molecule has 10 heteroatoms. The van der Waals surface area contributed by atoms with Crippen LogP contribution in [-0.4, -0.2) is 57.6 Å². The maximum atomic E-state index is 12.2. The third kappa shape index (κ3) is 5.19. The Bertz CT molecular complexity index is 1390. The number of hydrogen-bond acceptors (Lipinski definition) is 7. The Kier molecular flexibility index (Phi) is 7.15. The van der Waals surface area contributed by atoms with Gasteiger partial charge >= 0.3 is 0 Å². The number of primary amides is 1. The molecule has 2 unspecified atom stereocenters. The second-order valence-corrected chi connectivity index (χ2v) is 10.2. The summed E-state index contributed by atoms with van der Waals surface area (Å²) in [5, 5.41) is 10.3. The lowest BCUT2D eigenvalue weighted by Crippen LogP contribution is -2.27. The largest absolute Gasteiger partial charge is 0.491 e. The molecule has 1 aromatic carbocycles. The van der Waals surface area contributed by atoms with E-state index in [-0.39, 0.29) is 12.2 Å². The number of β-amino-alcohol motifs (C(OH)–C–C–N with tert-alkyl or cyclic N) is 1. The number of aliphatic hydroxyl groups excluding tert-OH is 1. The first-order valence-corrected chi connectivity index (χ1v) is 12.9. The lowest BCUT2D eigenvalue weighted by atomic mass is 10.1. The number of nitrogens with zero attached hydrogens (tertiary/aromatic N) is 3. The lowest BCUT2D eigenvalue weighted by Gasteiger charge is -2.16. The molecular weight excluding hydrogens is 500 g/mol. The van der Waals surface area contributed by atoms with Crippen molar-refractivity contribution in [1.82, 2.24) is 14.3 Å². The predicted molar refractivity (Wildman–Crippen MR) is 140 cm³/mol. The van der Waals surface area contributed by atoms with E-state index in [1.54, 1.807) is 12.3 Å². The summed E-state index contributed by atoms with van der Waals surface area (Å²) >= 11 is 7.59. The molecule has 1 amide bonds. The summed E-state index contributed by atoms with van der Waals surface area (Å²) in [6.07, 6.45) is 3.82. The Balaban J connectivity index is 1.37. The van der Waals surface area contributed by atoms with Crippen molar-refractivity contribution >= 4 is 34.5 Å². The van der Waals surface area contributed by atoms with Crippen LogP contribution in [0, 0.1) is 0 Å². The summed E-state index contributed by atoms with van der Waals surface area (Å²) in [5.74, 6) is 0.555. The van der Waals surface area contributed by atoms with Crippen molar-refractivity contribution < 1.29 is 19.4 Å². The van der Waals surface area contributed by atoms with Gasteiger partial charge in [-0.15, -0.1) is 11.3 Å². The van der Waals surface area contributed by atoms with Crippen LogP contribution in [0.3, 0.4) is 0 Å². The minimum Gasteiger partial charge on any atom is -0.491 e. The first-order valence-electron chi connectivity index (χ1n) is 11.7. The highest BCUT2D eigenvalue weighted by molar-refractivity contribution is 7.17. The molecule has 0 aliphatic carbocycles. The molecule has 188 valence electrons. The van der Waals surface area contributed by atoms with Crippen molar-refractivity contribution in [3.05, 3.63) is 70.3 Å². The number of pyridine rings is 1. The van der Waals surface area contributed by atoms with Gasteiger partial charge in [-0.05, 0) is 31.5 Å². The van der Waals surface area contributed by atoms with Gasteiger partial charge in [0, 0.05) is 36.3 Å². The van der Waals surface area contributed by atoms with Crippen LogP contribution in [0.1, 0.15) is 34.7 Å². The molecule has 1 aliphatic heterocycles. The smallest absolute Gasteiger partial charge is 0.262 e. The van der Waals surface area contributed by atoms with Crippen molar-refractivity contribution in [3.63, 3.8) is 0 Å². The normalized spacial score (nSPS) is 16.9. The summed E-state index contributed by atoms with van der Waals surface area (Å²) < 4.78 is 14.0. The van der Waals surface area contributed by atoms with Gasteiger partial charge in [0.05, 0.1) is 29.1 Å². The number of rotatable bonds is 9. The van der Waals surface area contributed by atoms with Gasteiger partial charge in [-0.25, -0.2) is 4.98 Å². The second kappa shape index (κ2) is 10.5. The van der Waals surface area contributed by atoms with Gasteiger partial charge in [0.15, 0.2) is 0 Å². The Morgan fingerprint density at radius 3 is 2.92 bits per heavy atom. The maximum absolute atomic E-state index is 12.2. The van der Waals surface area contributed by atoms with Gasteiger partial charge in [-0.3, -0.25) is 14.1 Å². The number of likely N-dealkylation sites (tertiary alicyclic amines) is 1. The predicted octanol–water partition coefficient (Wildman–Crippen LogP) is 4.40. The molecule has 3 N–H and O–H groups in total. The molecule has 1 saturated heterocycles. The summed E-state index contributed by atoms with van der Waals surface area (Å²) in [6.45, 7) is 4.72. The van der Waals surface area contributed by atoms with Crippen molar-refractivity contribution in [2.45, 2.75) is 25.6 Å². The first kappa shape index (κ1) is 24.6. The van der Waals surface area contributed by atoms with Crippen LogP contribution in [-0.2, 0) is 0 Å². The molecular formula is C26H27ClN4O4S. The fourth-order valence-electron chi connectivity index (χ4n) is 4.36. The maximum Gasteiger partial charge on any atom is 0.262 e. The van der Waals surface area contributed by atoms with E-state index in [0.29, 0.717) is 34.6 Å². The number of amides is 1. The van der Waals surface area contributed by atoms with Crippen LogP contribution >= 0.6 is 22.9 Å². The number of carbonyl (C=O) groups is 1. The van der Waals surface area contributed by atoms with Crippen LogP contribution in [0.4, 0.5) is 0 Å². The molecule has 3 aromatic heterocycles. The van der Waals surface area contributed by atoms with Crippen molar-refractivity contribution in [3.8, 4) is 22.1 Å². The first-order chi connectivity index (χ1) is 17.4. The molecule has 8 nitrogen and oxygen atoms in total. The van der Waals surface area contributed by atoms with Crippen molar-refractivity contribution in [2.24, 2.45) is 5.73 Å². The number of aromatic nitrogens is 2. The quantitative estimate of drug-likeness (QED) is 0.335. The van der Waals surface area contributed by atoms with Crippen LogP contribution in [0.2, 0.25) is 5.02 Å². The van der Waals surface area contributed by atoms with Gasteiger partial charge in [0.1, 0.15) is 34.7 Å². The molecule has 36 heavy (non-hydrogen) atoms. The van der Waals surface area contributed by atoms with E-state index in [1.807, 2.05) is 53.9 Å². The number of aliphatic hydroxyl groups is 1. The van der Waals surface area contributed by atoms with Crippen molar-refractivity contribution in [2.75, 3.05) is 26.2 Å². The van der Waals surface area contributed by atoms with E-state index >= 15 is 0 Å². The van der Waals surface area contributed by atoms with Gasteiger partial charge in [-0.1, -0.05) is 29.8 Å². The number of imidazole rings is 1. The Hall–Kier alpha value is -3.11. The summed E-state index contributed by atoms with van der Waals surface area (Å²) in [5.41, 5.74) is 8.05. The van der Waals surface area contributed by atoms with E-state index in [1.165, 1.54) is 11.3 Å². The summed E-state index contributed by atoms with van der Waals surface area (Å²) in [4.78, 5) is 20.0. The van der Waals surface area contributed by atoms with E-state index in [9.17, 15) is 9.90 Å². The Morgan fingerprint density at radius 1 is 1.33 bits per heavy atom.